The Morgan fingerprint density at radius 3 is 2.62 bits per heavy atom. The van der Waals surface area contributed by atoms with Crippen molar-refractivity contribution in [2.45, 2.75) is 37.8 Å². The number of nitrogens with one attached hydrogen (secondary N) is 1. The molecule has 0 aromatic carbocycles. The van der Waals surface area contributed by atoms with Gasteiger partial charge in [-0.15, -0.1) is 0 Å². The molecule has 74 valence electrons. The number of hydrogen-bond donors (Lipinski definition) is 3. The Labute approximate surface area is 76.3 Å². The molecule has 0 bridgehead atoms. The molecule has 0 saturated heterocycles. The summed E-state index contributed by atoms with van der Waals surface area (Å²) in [5.41, 5.74) is 5.47. The molecule has 13 heavy (non-hydrogen) atoms. The first kappa shape index (κ1) is 9.98. The van der Waals surface area contributed by atoms with Gasteiger partial charge < -0.3 is 16.2 Å². The van der Waals surface area contributed by atoms with Crippen LogP contribution in [0.15, 0.2) is 0 Å². The third-order valence-corrected chi connectivity index (χ3v) is 1.93. The lowest BCUT2D eigenvalue weighted by atomic mass is 10.1. The minimum absolute atomic E-state index is 0.0563. The maximum Gasteiger partial charge on any atom is 0.303 e. The molecule has 5 nitrogen and oxygen atoms in total. The summed E-state index contributed by atoms with van der Waals surface area (Å²) in [7, 11) is 0. The highest BCUT2D eigenvalue weighted by Gasteiger charge is 2.25. The highest BCUT2D eigenvalue weighted by molar-refractivity contribution is 5.82. The first-order valence-corrected chi connectivity index (χ1v) is 4.37. The minimum Gasteiger partial charge on any atom is -0.481 e. The fraction of sp³-hybridized carbons (Fsp3) is 0.750. The highest BCUT2D eigenvalue weighted by Crippen LogP contribution is 2.18. The molecule has 1 unspecified atom stereocenters. The van der Waals surface area contributed by atoms with E-state index in [0.717, 1.165) is 12.8 Å². The van der Waals surface area contributed by atoms with E-state index in [1.807, 2.05) is 0 Å². The largest absolute Gasteiger partial charge is 0.481 e. The van der Waals surface area contributed by atoms with Gasteiger partial charge in [0.2, 0.25) is 5.91 Å². The zero-order valence-electron chi connectivity index (χ0n) is 7.32. The van der Waals surface area contributed by atoms with E-state index < -0.39 is 12.0 Å². The van der Waals surface area contributed by atoms with Crippen LogP contribution in [0.3, 0.4) is 0 Å². The summed E-state index contributed by atoms with van der Waals surface area (Å²) in [5.74, 6) is -1.15. The van der Waals surface area contributed by atoms with E-state index in [2.05, 4.69) is 5.32 Å². The summed E-state index contributed by atoms with van der Waals surface area (Å²) >= 11 is 0. The van der Waals surface area contributed by atoms with Crippen LogP contribution in [0.2, 0.25) is 0 Å². The van der Waals surface area contributed by atoms with E-state index in [-0.39, 0.29) is 24.8 Å². The van der Waals surface area contributed by atoms with E-state index in [1.165, 1.54) is 0 Å². The summed E-state index contributed by atoms with van der Waals surface area (Å²) in [5, 5.41) is 11.1. The number of rotatable bonds is 5. The van der Waals surface area contributed by atoms with Crippen LogP contribution in [0.1, 0.15) is 25.7 Å². The van der Waals surface area contributed by atoms with Crippen LogP contribution in [-0.4, -0.2) is 29.1 Å². The molecular formula is C8H14N2O3. The van der Waals surface area contributed by atoms with Crippen LogP contribution in [0.25, 0.3) is 0 Å². The van der Waals surface area contributed by atoms with Crippen molar-refractivity contribution in [2.24, 2.45) is 5.73 Å². The quantitative estimate of drug-likeness (QED) is 0.537. The van der Waals surface area contributed by atoms with Gasteiger partial charge in [0.1, 0.15) is 0 Å². The van der Waals surface area contributed by atoms with Gasteiger partial charge in [-0.3, -0.25) is 9.59 Å². The molecule has 1 aliphatic carbocycles. The predicted molar refractivity (Wildman–Crippen MR) is 46.0 cm³/mol. The van der Waals surface area contributed by atoms with Gasteiger partial charge in [0.15, 0.2) is 0 Å². The molecule has 0 aromatic rings. The monoisotopic (exact) mass is 186 g/mol. The Kier molecular flexibility index (Phi) is 3.25. The number of carbonyl (C=O) groups excluding carboxylic acids is 1. The summed E-state index contributed by atoms with van der Waals surface area (Å²) in [6.45, 7) is 0. The Hall–Kier alpha value is -1.10. The van der Waals surface area contributed by atoms with Crippen LogP contribution in [0, 0.1) is 0 Å². The normalized spacial score (nSPS) is 17.9. The second-order valence-corrected chi connectivity index (χ2v) is 3.32. The lowest BCUT2D eigenvalue weighted by Crippen LogP contribution is -2.41. The van der Waals surface area contributed by atoms with Crippen molar-refractivity contribution in [1.29, 1.82) is 0 Å². The lowest BCUT2D eigenvalue weighted by Gasteiger charge is -2.09. The first-order chi connectivity index (χ1) is 6.09. The average Bonchev–Trinajstić information content (AvgIpc) is 2.83. The van der Waals surface area contributed by atoms with E-state index >= 15 is 0 Å². The van der Waals surface area contributed by atoms with Crippen LogP contribution in [-0.2, 0) is 9.59 Å². The molecule has 0 heterocycles. The fourth-order valence-corrected chi connectivity index (χ4v) is 0.946. The smallest absolute Gasteiger partial charge is 0.303 e. The van der Waals surface area contributed by atoms with Crippen molar-refractivity contribution in [3.05, 3.63) is 0 Å². The van der Waals surface area contributed by atoms with Crippen molar-refractivity contribution < 1.29 is 14.7 Å². The van der Waals surface area contributed by atoms with Gasteiger partial charge in [0, 0.05) is 12.5 Å². The third kappa shape index (κ3) is 3.89. The molecule has 4 N–H and O–H groups in total. The molecule has 1 aliphatic rings. The average molecular weight is 186 g/mol. The molecule has 0 aromatic heterocycles. The number of aliphatic carboxylic acids is 1. The van der Waals surface area contributed by atoms with Crippen molar-refractivity contribution in [3.63, 3.8) is 0 Å². The van der Waals surface area contributed by atoms with Gasteiger partial charge in [-0.05, 0) is 19.3 Å². The van der Waals surface area contributed by atoms with E-state index in [9.17, 15) is 9.59 Å². The van der Waals surface area contributed by atoms with E-state index in [1.54, 1.807) is 0 Å². The number of hydrogen-bond acceptors (Lipinski definition) is 3. The van der Waals surface area contributed by atoms with Crippen LogP contribution < -0.4 is 11.1 Å². The SMILES string of the molecule is NC(CCC(=O)O)C(=O)NC1CC1. The standard InChI is InChI=1S/C8H14N2O3/c9-6(3-4-7(11)12)8(13)10-5-1-2-5/h5-6H,1-4,9H2,(H,10,13)(H,11,12). The molecule has 5 heteroatoms. The third-order valence-electron chi connectivity index (χ3n) is 1.93. The topological polar surface area (TPSA) is 92.4 Å². The Bertz CT molecular complexity index is 213. The minimum atomic E-state index is -0.922. The Morgan fingerprint density at radius 1 is 1.54 bits per heavy atom. The van der Waals surface area contributed by atoms with Gasteiger partial charge in [-0.2, -0.15) is 0 Å². The van der Waals surface area contributed by atoms with Gasteiger partial charge in [-0.25, -0.2) is 0 Å². The van der Waals surface area contributed by atoms with Crippen molar-refractivity contribution in [1.82, 2.24) is 5.32 Å². The van der Waals surface area contributed by atoms with Crippen molar-refractivity contribution in [2.75, 3.05) is 0 Å². The molecule has 1 saturated carbocycles. The van der Waals surface area contributed by atoms with E-state index in [0.29, 0.717) is 0 Å². The molecule has 1 amide bonds. The maximum absolute atomic E-state index is 11.2. The predicted octanol–water partition coefficient (Wildman–Crippen LogP) is -0.543. The molecule has 0 aliphatic heterocycles. The first-order valence-electron chi connectivity index (χ1n) is 4.37. The van der Waals surface area contributed by atoms with Crippen LogP contribution in [0.5, 0.6) is 0 Å². The van der Waals surface area contributed by atoms with Crippen LogP contribution in [0.4, 0.5) is 0 Å². The second-order valence-electron chi connectivity index (χ2n) is 3.32. The number of carboxylic acid groups (broad SMARTS) is 1. The summed E-state index contributed by atoms with van der Waals surface area (Å²) in [4.78, 5) is 21.4. The van der Waals surface area contributed by atoms with Crippen molar-refractivity contribution >= 4 is 11.9 Å². The zero-order chi connectivity index (χ0) is 9.84. The number of carboxylic acids is 1. The number of amides is 1. The van der Waals surface area contributed by atoms with Gasteiger partial charge >= 0.3 is 5.97 Å². The molecule has 1 rings (SSSR count). The number of nitrogens with two attached hydrogens (primary N) is 1. The lowest BCUT2D eigenvalue weighted by molar-refractivity contribution is -0.137. The van der Waals surface area contributed by atoms with Gasteiger partial charge in [0.05, 0.1) is 6.04 Å². The summed E-state index contributed by atoms with van der Waals surface area (Å²) in [6, 6.07) is -0.403. The van der Waals surface area contributed by atoms with Gasteiger partial charge in [0.25, 0.3) is 0 Å². The molecule has 1 atom stereocenters. The summed E-state index contributed by atoms with van der Waals surface area (Å²) < 4.78 is 0. The fourth-order valence-electron chi connectivity index (χ4n) is 0.946. The Balaban J connectivity index is 2.16. The molecular weight excluding hydrogens is 172 g/mol. The number of carbonyl (C=O) groups is 2. The molecule has 0 radical (unpaired) electrons. The molecule has 1 fully saturated rings. The highest BCUT2D eigenvalue weighted by atomic mass is 16.4. The molecule has 0 spiro atoms. The Morgan fingerprint density at radius 2 is 2.15 bits per heavy atom. The zero-order valence-corrected chi connectivity index (χ0v) is 7.32. The maximum atomic E-state index is 11.2. The van der Waals surface area contributed by atoms with E-state index in [4.69, 9.17) is 10.8 Å². The second kappa shape index (κ2) is 4.23. The van der Waals surface area contributed by atoms with Gasteiger partial charge in [-0.1, -0.05) is 0 Å². The van der Waals surface area contributed by atoms with Crippen molar-refractivity contribution in [3.8, 4) is 0 Å². The summed E-state index contributed by atoms with van der Waals surface area (Å²) in [6.07, 6.45) is 2.17. The van der Waals surface area contributed by atoms with Crippen LogP contribution >= 0.6 is 0 Å².